The molecule has 2 aromatic carbocycles. The van der Waals surface area contributed by atoms with Gasteiger partial charge in [0.25, 0.3) is 0 Å². The minimum absolute atomic E-state index is 0.108. The summed E-state index contributed by atoms with van der Waals surface area (Å²) in [7, 11) is -4.87. The highest BCUT2D eigenvalue weighted by molar-refractivity contribution is 6.82. The molecular weight excluding hydrogens is 564 g/mol. The molecule has 13 heteroatoms. The largest absolute Gasteiger partial charge is 0.453 e. The monoisotopic (exact) mass is 604 g/mol. The lowest BCUT2D eigenvalue weighted by molar-refractivity contribution is -0.385. The van der Waals surface area contributed by atoms with Crippen molar-refractivity contribution in [3.63, 3.8) is 0 Å². The van der Waals surface area contributed by atoms with Crippen molar-refractivity contribution < 1.29 is 33.5 Å². The van der Waals surface area contributed by atoms with Gasteiger partial charge in [-0.1, -0.05) is 67.7 Å². The lowest BCUT2D eigenvalue weighted by Gasteiger charge is -2.49. The van der Waals surface area contributed by atoms with Crippen LogP contribution in [0.5, 0.6) is 23.0 Å². The van der Waals surface area contributed by atoms with E-state index in [0.29, 0.717) is 22.6 Å². The first-order valence-corrected chi connectivity index (χ1v) is 19.8. The van der Waals surface area contributed by atoms with Gasteiger partial charge >= 0.3 is 11.4 Å². The minimum atomic E-state index is -2.44. The van der Waals surface area contributed by atoms with Crippen molar-refractivity contribution in [3.05, 3.63) is 55.6 Å². The molecule has 4 rings (SSSR count). The second kappa shape index (κ2) is 10.3. The van der Waals surface area contributed by atoms with Gasteiger partial charge in [0.1, 0.15) is 0 Å². The third-order valence-corrected chi connectivity index (χ3v) is 20.7. The molecule has 0 bridgehead atoms. The van der Waals surface area contributed by atoms with Crippen LogP contribution in [-0.2, 0) is 4.74 Å². The Hall–Kier alpha value is -3.17. The number of nitro benzene ring substituents is 2. The van der Waals surface area contributed by atoms with Gasteiger partial charge < -0.3 is 23.7 Å². The third-order valence-electron chi connectivity index (χ3n) is 9.46. The number of hydrogen-bond donors (Lipinski definition) is 0. The summed E-state index contributed by atoms with van der Waals surface area (Å²) in [5.41, 5.74) is 0.130. The molecule has 2 atom stereocenters. The topological polar surface area (TPSA) is 132 Å². The molecule has 0 fully saturated rings. The molecule has 0 N–H and O–H groups in total. The minimum Gasteiger partial charge on any atom is -0.453 e. The summed E-state index contributed by atoms with van der Waals surface area (Å²) < 4.78 is 30.3. The van der Waals surface area contributed by atoms with Crippen LogP contribution in [0.2, 0.25) is 36.3 Å². The van der Waals surface area contributed by atoms with E-state index in [0.717, 1.165) is 0 Å². The second-order valence-electron chi connectivity index (χ2n) is 13.8. The Morgan fingerprint density at radius 3 is 1.27 bits per heavy atom. The second-order valence-corrected chi connectivity index (χ2v) is 24.8. The van der Waals surface area contributed by atoms with Gasteiger partial charge in [-0.15, -0.1) is 0 Å². The van der Waals surface area contributed by atoms with Crippen molar-refractivity contribution >= 4 is 27.5 Å². The number of nitro groups is 2. The SMILES string of the molecule is CC(C)(C)[Si](C)(C)C(OC(c1ccc([N+](=O)[O-])c2c1OCO2)[Si](C)(C)C(C)(C)C)c1ccc([N+](=O)[O-])c2c1OCO2. The standard InChI is InChI=1S/C28H40N2O9Si2/c1-27(2,3)40(7,8)25(17-11-13-19(29(31)32)23-21(17)35-15-37-23)39-26(41(9,10)28(4,5)6)18-12-14-20(30(33)34)24-22(18)36-16-38-24/h11-14,25-26H,15-16H2,1-10H3. The summed E-state index contributed by atoms with van der Waals surface area (Å²) in [6.07, 6.45) is 0. The van der Waals surface area contributed by atoms with Gasteiger partial charge in [-0.25, -0.2) is 0 Å². The van der Waals surface area contributed by atoms with Crippen LogP contribution in [0.4, 0.5) is 11.4 Å². The van der Waals surface area contributed by atoms with E-state index in [1.165, 1.54) is 12.1 Å². The molecule has 0 amide bonds. The molecule has 0 saturated heterocycles. The fourth-order valence-electron chi connectivity index (χ4n) is 4.89. The highest BCUT2D eigenvalue weighted by atomic mass is 28.3. The van der Waals surface area contributed by atoms with Crippen LogP contribution in [0.3, 0.4) is 0 Å². The van der Waals surface area contributed by atoms with E-state index in [2.05, 4.69) is 67.7 Å². The lowest BCUT2D eigenvalue weighted by atomic mass is 10.1. The Morgan fingerprint density at radius 2 is 0.976 bits per heavy atom. The van der Waals surface area contributed by atoms with Gasteiger partial charge in [0.2, 0.25) is 25.1 Å². The number of ether oxygens (including phenoxy) is 5. The maximum absolute atomic E-state index is 11.8. The number of rotatable bonds is 8. The van der Waals surface area contributed by atoms with Crippen LogP contribution in [0.1, 0.15) is 64.1 Å². The lowest BCUT2D eigenvalue weighted by Crippen LogP contribution is -2.50. The van der Waals surface area contributed by atoms with E-state index in [9.17, 15) is 20.2 Å². The van der Waals surface area contributed by atoms with Crippen molar-refractivity contribution in [1.82, 2.24) is 0 Å². The van der Waals surface area contributed by atoms with E-state index < -0.39 is 37.4 Å². The first-order chi connectivity index (χ1) is 18.8. The summed E-state index contributed by atoms with van der Waals surface area (Å²) >= 11 is 0. The van der Waals surface area contributed by atoms with Gasteiger partial charge in [0, 0.05) is 23.3 Å². The van der Waals surface area contributed by atoms with Gasteiger partial charge in [0.05, 0.1) is 37.4 Å². The van der Waals surface area contributed by atoms with Crippen LogP contribution in [0.25, 0.3) is 0 Å². The van der Waals surface area contributed by atoms with E-state index >= 15 is 0 Å². The third kappa shape index (κ3) is 5.19. The molecule has 0 aromatic heterocycles. The van der Waals surface area contributed by atoms with E-state index in [1.54, 1.807) is 12.1 Å². The normalized spacial score (nSPS) is 16.4. The first-order valence-electron chi connectivity index (χ1n) is 13.6. The predicted octanol–water partition coefficient (Wildman–Crippen LogP) is 7.85. The average Bonchev–Trinajstić information content (AvgIpc) is 3.52. The van der Waals surface area contributed by atoms with Gasteiger partial charge in [-0.2, -0.15) is 0 Å². The molecule has 0 saturated carbocycles. The molecule has 2 unspecified atom stereocenters. The quantitative estimate of drug-likeness (QED) is 0.168. The predicted molar refractivity (Wildman–Crippen MR) is 159 cm³/mol. The summed E-state index contributed by atoms with van der Waals surface area (Å²) in [5, 5.41) is 23.2. The molecule has 0 aliphatic carbocycles. The van der Waals surface area contributed by atoms with Crippen molar-refractivity contribution in [2.24, 2.45) is 0 Å². The zero-order valence-electron chi connectivity index (χ0n) is 25.4. The smallest absolute Gasteiger partial charge is 0.315 e. The number of benzene rings is 2. The van der Waals surface area contributed by atoms with Gasteiger partial charge in [0.15, 0.2) is 11.5 Å². The Kier molecular flexibility index (Phi) is 7.72. The van der Waals surface area contributed by atoms with Crippen LogP contribution in [-0.4, -0.2) is 39.6 Å². The molecule has 2 aliphatic heterocycles. The molecule has 11 nitrogen and oxygen atoms in total. The van der Waals surface area contributed by atoms with Crippen molar-refractivity contribution in [2.75, 3.05) is 13.6 Å². The first kappa shape index (κ1) is 30.8. The van der Waals surface area contributed by atoms with Crippen molar-refractivity contribution in [2.45, 2.75) is 89.3 Å². The zero-order chi connectivity index (χ0) is 30.7. The Balaban J connectivity index is 1.98. The number of nitrogens with zero attached hydrogens (tertiary/aromatic N) is 2. The molecule has 2 aliphatic rings. The highest BCUT2D eigenvalue weighted by Crippen LogP contribution is 2.57. The summed E-state index contributed by atoms with van der Waals surface area (Å²) in [5.74, 6) is 0.876. The molecule has 0 radical (unpaired) electrons. The van der Waals surface area contributed by atoms with Crippen LogP contribution in [0, 0.1) is 20.2 Å². The summed E-state index contributed by atoms with van der Waals surface area (Å²) in [4.78, 5) is 22.6. The molecule has 41 heavy (non-hydrogen) atoms. The Morgan fingerprint density at radius 1 is 0.659 bits per heavy atom. The van der Waals surface area contributed by atoms with E-state index in [-0.39, 0.29) is 46.5 Å². The Bertz CT molecular complexity index is 1280. The fourth-order valence-corrected chi connectivity index (χ4v) is 9.57. The van der Waals surface area contributed by atoms with Crippen LogP contribution >= 0.6 is 0 Å². The fraction of sp³-hybridized carbons (Fsp3) is 0.571. The molecule has 224 valence electrons. The van der Waals surface area contributed by atoms with E-state index in [1.807, 2.05) is 0 Å². The summed E-state index contributed by atoms with van der Waals surface area (Å²) in [6, 6.07) is 6.35. The zero-order valence-corrected chi connectivity index (χ0v) is 27.4. The van der Waals surface area contributed by atoms with Gasteiger partial charge in [-0.05, 0) is 22.2 Å². The van der Waals surface area contributed by atoms with E-state index in [4.69, 9.17) is 23.7 Å². The molecule has 2 heterocycles. The number of hydrogen-bond acceptors (Lipinski definition) is 9. The van der Waals surface area contributed by atoms with Crippen LogP contribution < -0.4 is 18.9 Å². The van der Waals surface area contributed by atoms with Crippen molar-refractivity contribution in [3.8, 4) is 23.0 Å². The molecule has 2 aromatic rings. The van der Waals surface area contributed by atoms with Gasteiger partial charge in [-0.3, -0.25) is 20.2 Å². The Labute approximate surface area is 242 Å². The maximum Gasteiger partial charge on any atom is 0.315 e. The maximum atomic E-state index is 11.8. The highest BCUT2D eigenvalue weighted by Gasteiger charge is 2.52. The van der Waals surface area contributed by atoms with Crippen LogP contribution in [0.15, 0.2) is 24.3 Å². The van der Waals surface area contributed by atoms with Crippen molar-refractivity contribution in [1.29, 1.82) is 0 Å². The summed E-state index contributed by atoms with van der Waals surface area (Å²) in [6.45, 7) is 21.8. The number of fused-ring (bicyclic) bond motifs is 2. The average molecular weight is 605 g/mol. The molecule has 0 spiro atoms. The molecular formula is C28H40N2O9Si2.